The van der Waals surface area contributed by atoms with E-state index in [0.29, 0.717) is 12.3 Å². The van der Waals surface area contributed by atoms with Gasteiger partial charge in [-0.1, -0.05) is 46.2 Å². The Morgan fingerprint density at radius 3 is 1.57 bits per heavy atom. The first-order chi connectivity index (χ1) is 6.10. The molecule has 0 aromatic heterocycles. The predicted molar refractivity (Wildman–Crippen MR) is 68.4 cm³/mol. The fourth-order valence-electron chi connectivity index (χ4n) is 2.08. The van der Waals surface area contributed by atoms with Gasteiger partial charge < -0.3 is 4.23 Å². The fourth-order valence-corrected chi connectivity index (χ4v) is 11.8. The van der Waals surface area contributed by atoms with E-state index in [2.05, 4.69) is 50.4 Å². The summed E-state index contributed by atoms with van der Waals surface area (Å²) in [5, 5.41) is 0. The van der Waals surface area contributed by atoms with Crippen LogP contribution in [-0.2, 0) is 4.79 Å². The smallest absolute Gasteiger partial charge is 0.206 e. The molecule has 0 aliphatic carbocycles. The molecule has 0 aromatic carbocycles. The highest BCUT2D eigenvalue weighted by Crippen LogP contribution is 2.21. The Hall–Kier alpha value is -0.0962. The molecule has 0 rings (SSSR count). The van der Waals surface area contributed by atoms with Gasteiger partial charge in [0.05, 0.1) is 0 Å². The summed E-state index contributed by atoms with van der Waals surface area (Å²) in [7, 11) is -2.95. The molecule has 0 N–H and O–H groups in total. The van der Waals surface area contributed by atoms with Gasteiger partial charge >= 0.3 is 0 Å². The van der Waals surface area contributed by atoms with Crippen molar-refractivity contribution in [3.05, 3.63) is 0 Å². The first kappa shape index (κ1) is 13.9. The Bertz CT molecular complexity index is 189. The van der Waals surface area contributed by atoms with Gasteiger partial charge in [-0.05, 0) is 6.42 Å². The fraction of sp³-hybridized carbons (Fsp3) is 0.900. The minimum Gasteiger partial charge on any atom is -0.396 e. The second kappa shape index (κ2) is 4.62. The normalized spacial score (nSPS) is 12.8. The molecule has 0 aliphatic heterocycles. The van der Waals surface area contributed by atoms with Gasteiger partial charge in [-0.3, -0.25) is 4.79 Å². The van der Waals surface area contributed by atoms with Gasteiger partial charge in [0.25, 0.3) is 0 Å². The lowest BCUT2D eigenvalue weighted by Crippen LogP contribution is -2.61. The third-order valence-corrected chi connectivity index (χ3v) is 9.26. The van der Waals surface area contributed by atoms with Gasteiger partial charge in [0, 0.05) is 6.42 Å². The second-order valence-electron chi connectivity index (χ2n) is 5.82. The third kappa shape index (κ3) is 3.96. The van der Waals surface area contributed by atoms with Crippen molar-refractivity contribution in [2.45, 2.75) is 59.0 Å². The van der Waals surface area contributed by atoms with Crippen LogP contribution in [0.2, 0.25) is 39.3 Å². The van der Waals surface area contributed by atoms with Crippen molar-refractivity contribution in [3.63, 3.8) is 0 Å². The number of carbonyl (C=O) groups excluding carboxylic acids is 1. The molecule has 0 unspecified atom stereocenters. The Morgan fingerprint density at radius 1 is 1.00 bits per heavy atom. The summed E-state index contributed by atoms with van der Waals surface area (Å²) >= 11 is 0. The van der Waals surface area contributed by atoms with E-state index in [0.717, 1.165) is 6.42 Å². The van der Waals surface area contributed by atoms with Crippen molar-refractivity contribution in [1.29, 1.82) is 0 Å². The van der Waals surface area contributed by atoms with Gasteiger partial charge in [0.15, 0.2) is 0 Å². The monoisotopic (exact) mass is 231 g/mol. The van der Waals surface area contributed by atoms with E-state index in [1.165, 1.54) is 0 Å². The van der Waals surface area contributed by atoms with Crippen molar-refractivity contribution < 1.29 is 4.79 Å². The summed E-state index contributed by atoms with van der Waals surface area (Å²) in [5.74, 6) is 0.380. The molecule has 4 heteroatoms. The van der Waals surface area contributed by atoms with E-state index in [-0.39, 0.29) is 0 Å². The summed E-state index contributed by atoms with van der Waals surface area (Å²) in [6.45, 7) is 15.7. The average molecular weight is 231 g/mol. The third-order valence-electron chi connectivity index (χ3n) is 2.05. The molecule has 14 heavy (non-hydrogen) atoms. The van der Waals surface area contributed by atoms with E-state index in [4.69, 9.17) is 0 Å². The molecule has 0 radical (unpaired) electrons. The van der Waals surface area contributed by atoms with E-state index in [1.807, 2.05) is 0 Å². The molecule has 0 aromatic rings. The molecule has 0 heterocycles. The maximum Gasteiger partial charge on any atom is 0.206 e. The highest BCUT2D eigenvalue weighted by molar-refractivity contribution is 6.92. The SMILES string of the molecule is CCCC(=O)N([Si](C)(C)C)[Si](C)(C)C. The van der Waals surface area contributed by atoms with Crippen LogP contribution in [0.5, 0.6) is 0 Å². The molecule has 0 saturated carbocycles. The minimum absolute atomic E-state index is 0.380. The van der Waals surface area contributed by atoms with Crippen LogP contribution in [0.15, 0.2) is 0 Å². The van der Waals surface area contributed by atoms with Crippen LogP contribution in [-0.4, -0.2) is 26.6 Å². The van der Waals surface area contributed by atoms with Crippen molar-refractivity contribution in [2.75, 3.05) is 0 Å². The number of hydrogen-bond donors (Lipinski definition) is 0. The van der Waals surface area contributed by atoms with Crippen LogP contribution in [0.25, 0.3) is 0 Å². The maximum atomic E-state index is 12.0. The van der Waals surface area contributed by atoms with E-state index >= 15 is 0 Å². The zero-order chi connectivity index (χ0) is 11.6. The first-order valence-corrected chi connectivity index (χ1v) is 12.3. The van der Waals surface area contributed by atoms with Gasteiger partial charge in [0.1, 0.15) is 16.5 Å². The summed E-state index contributed by atoms with van der Waals surface area (Å²) in [5.41, 5.74) is 0. The van der Waals surface area contributed by atoms with Crippen LogP contribution < -0.4 is 0 Å². The Balaban J connectivity index is 4.84. The lowest BCUT2D eigenvalue weighted by molar-refractivity contribution is -0.124. The van der Waals surface area contributed by atoms with Crippen LogP contribution in [0, 0.1) is 0 Å². The molecule has 0 saturated heterocycles. The lowest BCUT2D eigenvalue weighted by atomic mass is 10.3. The van der Waals surface area contributed by atoms with E-state index in [1.54, 1.807) is 0 Å². The van der Waals surface area contributed by atoms with Crippen LogP contribution >= 0.6 is 0 Å². The molecule has 0 spiro atoms. The molecule has 0 fully saturated rings. The molecule has 0 bridgehead atoms. The highest BCUT2D eigenvalue weighted by atomic mass is 28.4. The van der Waals surface area contributed by atoms with Gasteiger partial charge in [-0.2, -0.15) is 0 Å². The molecular formula is C10H25NOSi2. The summed E-state index contributed by atoms with van der Waals surface area (Å²) in [4.78, 5) is 12.0. The van der Waals surface area contributed by atoms with Crippen LogP contribution in [0.4, 0.5) is 0 Å². The van der Waals surface area contributed by atoms with Crippen molar-refractivity contribution in [1.82, 2.24) is 4.23 Å². The Kier molecular flexibility index (Phi) is 4.58. The zero-order valence-corrected chi connectivity index (χ0v) is 12.8. The number of rotatable bonds is 4. The predicted octanol–water partition coefficient (Wildman–Crippen LogP) is 3.28. The van der Waals surface area contributed by atoms with Crippen molar-refractivity contribution in [3.8, 4) is 0 Å². The van der Waals surface area contributed by atoms with E-state index < -0.39 is 16.5 Å². The quantitative estimate of drug-likeness (QED) is 0.680. The number of amides is 1. The Morgan fingerprint density at radius 2 is 1.36 bits per heavy atom. The largest absolute Gasteiger partial charge is 0.396 e. The van der Waals surface area contributed by atoms with Crippen LogP contribution in [0.1, 0.15) is 19.8 Å². The first-order valence-electron chi connectivity index (χ1n) is 5.44. The molecule has 1 amide bonds. The molecule has 84 valence electrons. The summed E-state index contributed by atoms with van der Waals surface area (Å²) < 4.78 is 2.27. The maximum absolute atomic E-state index is 12.0. The van der Waals surface area contributed by atoms with Gasteiger partial charge in [0.2, 0.25) is 5.91 Å². The highest BCUT2D eigenvalue weighted by Gasteiger charge is 2.37. The Labute approximate surface area is 90.9 Å². The number of nitrogens with zero attached hydrogens (tertiary/aromatic N) is 1. The number of carbonyl (C=O) groups is 1. The second-order valence-corrected chi connectivity index (χ2v) is 15.8. The van der Waals surface area contributed by atoms with E-state index in [9.17, 15) is 4.79 Å². The number of hydrogen-bond acceptors (Lipinski definition) is 1. The molecule has 0 atom stereocenters. The molecule has 2 nitrogen and oxygen atoms in total. The standard InChI is InChI=1S/C10H25NOSi2/c1-8-9-10(12)11(13(2,3)4)14(5,6)7/h8-9H2,1-7H3. The zero-order valence-electron chi connectivity index (χ0n) is 10.8. The average Bonchev–Trinajstić information content (AvgIpc) is 1.78. The lowest BCUT2D eigenvalue weighted by Gasteiger charge is -2.44. The summed E-state index contributed by atoms with van der Waals surface area (Å²) in [6.07, 6.45) is 1.68. The van der Waals surface area contributed by atoms with Gasteiger partial charge in [-0.15, -0.1) is 0 Å². The van der Waals surface area contributed by atoms with Crippen LogP contribution in [0.3, 0.4) is 0 Å². The molecule has 0 aliphatic rings. The topological polar surface area (TPSA) is 20.3 Å². The van der Waals surface area contributed by atoms with Crippen molar-refractivity contribution >= 4 is 22.4 Å². The van der Waals surface area contributed by atoms with Crippen molar-refractivity contribution in [2.24, 2.45) is 0 Å². The molecular weight excluding hydrogens is 206 g/mol. The summed E-state index contributed by atoms with van der Waals surface area (Å²) in [6, 6.07) is 0. The van der Waals surface area contributed by atoms with Gasteiger partial charge in [-0.25, -0.2) is 0 Å². The minimum atomic E-state index is -1.48.